The lowest BCUT2D eigenvalue weighted by molar-refractivity contribution is -0.137. The Balaban J connectivity index is 0.00000289. The number of alkyl halides is 3. The van der Waals surface area contributed by atoms with Gasteiger partial charge in [0, 0.05) is 23.8 Å². The van der Waals surface area contributed by atoms with E-state index in [1.54, 1.807) is 30.6 Å². The number of pyridine rings is 2. The summed E-state index contributed by atoms with van der Waals surface area (Å²) in [7, 11) is 0. The summed E-state index contributed by atoms with van der Waals surface area (Å²) < 4.78 is 44.3. The summed E-state index contributed by atoms with van der Waals surface area (Å²) in [6, 6.07) is 11.8. The summed E-state index contributed by atoms with van der Waals surface area (Å²) in [6.07, 6.45) is -1.17. The van der Waals surface area contributed by atoms with Gasteiger partial charge in [0.2, 0.25) is 0 Å². The van der Waals surface area contributed by atoms with Crippen LogP contribution < -0.4 is 11.1 Å². The van der Waals surface area contributed by atoms with Crippen LogP contribution in [0.15, 0.2) is 70.4 Å². The highest BCUT2D eigenvalue weighted by molar-refractivity contribution is 7.98. The van der Waals surface area contributed by atoms with Crippen molar-refractivity contribution in [3.8, 4) is 11.5 Å². The quantitative estimate of drug-likeness (QED) is 0.344. The molecule has 0 aliphatic heterocycles. The molecule has 7 nitrogen and oxygen atoms in total. The molecule has 4 aromatic rings. The first-order chi connectivity index (χ1) is 14.9. The predicted molar refractivity (Wildman–Crippen MR) is 118 cm³/mol. The topological polar surface area (TPSA) is 103 Å². The van der Waals surface area contributed by atoms with Crippen LogP contribution in [-0.4, -0.2) is 20.2 Å². The lowest BCUT2D eigenvalue weighted by atomic mass is 10.2. The van der Waals surface area contributed by atoms with Gasteiger partial charge in [0.25, 0.3) is 5.89 Å². The number of nitrogens with one attached hydrogen (secondary N) is 1. The summed E-state index contributed by atoms with van der Waals surface area (Å²) in [4.78, 5) is 8.33. The molecule has 0 saturated heterocycles. The highest BCUT2D eigenvalue weighted by Gasteiger charge is 2.30. The third kappa shape index (κ3) is 5.68. The molecule has 3 aromatic heterocycles. The molecule has 0 aliphatic carbocycles. The number of hydrogen-bond acceptors (Lipinski definition) is 8. The van der Waals surface area contributed by atoms with Crippen LogP contribution >= 0.6 is 24.2 Å². The first kappa shape index (κ1) is 23.4. The van der Waals surface area contributed by atoms with E-state index in [-0.39, 0.29) is 30.0 Å². The molecule has 32 heavy (non-hydrogen) atoms. The Hall–Kier alpha value is -3.31. The van der Waals surface area contributed by atoms with Crippen LogP contribution in [0.1, 0.15) is 11.1 Å². The van der Waals surface area contributed by atoms with Crippen molar-refractivity contribution >= 4 is 41.7 Å². The molecule has 0 fully saturated rings. The van der Waals surface area contributed by atoms with Gasteiger partial charge in [0.1, 0.15) is 10.8 Å². The monoisotopic (exact) mass is 480 g/mol. The van der Waals surface area contributed by atoms with Crippen molar-refractivity contribution in [1.82, 2.24) is 20.2 Å². The number of rotatable bonds is 6. The number of aromatic nitrogens is 4. The van der Waals surface area contributed by atoms with Gasteiger partial charge in [-0.2, -0.15) is 13.2 Å². The van der Waals surface area contributed by atoms with Crippen molar-refractivity contribution < 1.29 is 17.6 Å². The zero-order chi connectivity index (χ0) is 21.8. The minimum absolute atomic E-state index is 0. The van der Waals surface area contributed by atoms with E-state index in [1.165, 1.54) is 23.9 Å². The standard InChI is InChI=1S/C20H15F3N6OS.ClH/c21-20(22,23)13-3-1-4-14(10-13)27-19-29-28-17(30-19)15-5-2-7-26-18(15)31-11-12-6-8-25-16(24)9-12;/h1-10H,11H2,(H2,24,25)(H,27,29);1H. The van der Waals surface area contributed by atoms with E-state index in [4.69, 9.17) is 10.2 Å². The second kappa shape index (κ2) is 9.88. The molecule has 12 heteroatoms. The third-order valence-corrected chi connectivity index (χ3v) is 5.17. The molecule has 0 spiro atoms. The number of nitrogens with two attached hydrogens (primary N) is 1. The number of halogens is 4. The molecule has 0 saturated carbocycles. The van der Waals surface area contributed by atoms with E-state index >= 15 is 0 Å². The van der Waals surface area contributed by atoms with Gasteiger partial charge >= 0.3 is 12.2 Å². The molecule has 3 N–H and O–H groups in total. The Morgan fingerprint density at radius 3 is 2.62 bits per heavy atom. The van der Waals surface area contributed by atoms with Crippen molar-refractivity contribution in [3.05, 3.63) is 72.1 Å². The molecule has 0 aliphatic rings. The lowest BCUT2D eigenvalue weighted by Crippen LogP contribution is -2.05. The molecule has 166 valence electrons. The van der Waals surface area contributed by atoms with Crippen LogP contribution in [0.5, 0.6) is 0 Å². The van der Waals surface area contributed by atoms with Crippen LogP contribution in [0.3, 0.4) is 0 Å². The van der Waals surface area contributed by atoms with Crippen LogP contribution in [0.4, 0.5) is 30.7 Å². The van der Waals surface area contributed by atoms with Crippen molar-refractivity contribution in [2.45, 2.75) is 17.0 Å². The second-order valence-electron chi connectivity index (χ2n) is 6.35. The smallest absolute Gasteiger partial charge is 0.403 e. The van der Waals surface area contributed by atoms with E-state index in [2.05, 4.69) is 25.5 Å². The third-order valence-electron chi connectivity index (χ3n) is 4.09. The van der Waals surface area contributed by atoms with E-state index in [9.17, 15) is 13.2 Å². The normalized spacial score (nSPS) is 11.1. The first-order valence-electron chi connectivity index (χ1n) is 8.95. The van der Waals surface area contributed by atoms with Crippen molar-refractivity contribution in [2.75, 3.05) is 11.1 Å². The zero-order valence-corrected chi connectivity index (χ0v) is 17.8. The number of benzene rings is 1. The molecule has 1 aromatic carbocycles. The van der Waals surface area contributed by atoms with E-state index in [0.717, 1.165) is 17.7 Å². The summed E-state index contributed by atoms with van der Waals surface area (Å²) in [5.74, 6) is 1.22. The van der Waals surface area contributed by atoms with Gasteiger partial charge in [-0.15, -0.1) is 29.3 Å². The molecule has 0 bridgehead atoms. The van der Waals surface area contributed by atoms with Crippen LogP contribution in [0, 0.1) is 0 Å². The molecule has 3 heterocycles. The maximum atomic E-state index is 12.9. The largest absolute Gasteiger partial charge is 0.416 e. The number of thioether (sulfide) groups is 1. The Bertz CT molecular complexity index is 1200. The highest BCUT2D eigenvalue weighted by Crippen LogP contribution is 2.33. The zero-order valence-electron chi connectivity index (χ0n) is 16.2. The average molecular weight is 481 g/mol. The summed E-state index contributed by atoms with van der Waals surface area (Å²) in [6.45, 7) is 0. The average Bonchev–Trinajstić information content (AvgIpc) is 3.20. The number of hydrogen-bond donors (Lipinski definition) is 2. The fraction of sp³-hybridized carbons (Fsp3) is 0.100. The number of nitrogen functional groups attached to an aromatic ring is 1. The second-order valence-corrected chi connectivity index (χ2v) is 7.31. The first-order valence-corrected chi connectivity index (χ1v) is 9.93. The van der Waals surface area contributed by atoms with Gasteiger partial charge < -0.3 is 15.5 Å². The fourth-order valence-electron chi connectivity index (χ4n) is 2.68. The van der Waals surface area contributed by atoms with Crippen LogP contribution in [-0.2, 0) is 11.9 Å². The lowest BCUT2D eigenvalue weighted by Gasteiger charge is -2.08. The Morgan fingerprint density at radius 1 is 1.00 bits per heavy atom. The van der Waals surface area contributed by atoms with Gasteiger partial charge in [-0.25, -0.2) is 9.97 Å². The van der Waals surface area contributed by atoms with Gasteiger partial charge in [0.05, 0.1) is 11.1 Å². The summed E-state index contributed by atoms with van der Waals surface area (Å²) in [5.41, 5.74) is 6.70. The highest BCUT2D eigenvalue weighted by atomic mass is 35.5. The Morgan fingerprint density at radius 2 is 1.84 bits per heavy atom. The minimum atomic E-state index is -4.45. The van der Waals surface area contributed by atoms with Gasteiger partial charge in [0.15, 0.2) is 0 Å². The Kier molecular flexibility index (Phi) is 7.21. The van der Waals surface area contributed by atoms with Gasteiger partial charge in [-0.3, -0.25) is 0 Å². The molecule has 0 radical (unpaired) electrons. The molecule has 0 unspecified atom stereocenters. The molecule has 0 amide bonds. The SMILES string of the molecule is Cl.Nc1cc(CSc2ncccc2-c2nnc(Nc3cccc(C(F)(F)F)c3)o2)ccn1. The number of nitrogens with zero attached hydrogens (tertiary/aromatic N) is 4. The summed E-state index contributed by atoms with van der Waals surface area (Å²) in [5, 5.41) is 11.2. The van der Waals surface area contributed by atoms with Crippen molar-refractivity contribution in [2.24, 2.45) is 0 Å². The van der Waals surface area contributed by atoms with E-state index in [0.29, 0.717) is 22.2 Å². The molecule has 4 rings (SSSR count). The fourth-order valence-corrected chi connectivity index (χ4v) is 3.61. The maximum Gasteiger partial charge on any atom is 0.416 e. The van der Waals surface area contributed by atoms with Crippen LogP contribution in [0.25, 0.3) is 11.5 Å². The Labute approximate surface area is 191 Å². The molecular formula is C20H16ClF3N6OS. The van der Waals surface area contributed by atoms with Crippen molar-refractivity contribution in [3.63, 3.8) is 0 Å². The van der Waals surface area contributed by atoms with Crippen LogP contribution in [0.2, 0.25) is 0 Å². The van der Waals surface area contributed by atoms with Gasteiger partial charge in [-0.1, -0.05) is 11.2 Å². The van der Waals surface area contributed by atoms with Crippen molar-refractivity contribution in [1.29, 1.82) is 0 Å². The predicted octanol–water partition coefficient (Wildman–Crippen LogP) is 5.59. The molecular weight excluding hydrogens is 465 g/mol. The summed E-state index contributed by atoms with van der Waals surface area (Å²) >= 11 is 1.45. The number of anilines is 3. The molecule has 0 atom stereocenters. The van der Waals surface area contributed by atoms with Gasteiger partial charge in [-0.05, 0) is 48.0 Å². The minimum Gasteiger partial charge on any atom is -0.403 e. The maximum absolute atomic E-state index is 12.9. The van der Waals surface area contributed by atoms with E-state index < -0.39 is 11.7 Å². The van der Waals surface area contributed by atoms with E-state index in [1.807, 2.05) is 6.07 Å².